The lowest BCUT2D eigenvalue weighted by Crippen LogP contribution is -2.43. The average Bonchev–Trinajstić information content (AvgIpc) is 2.41. The fourth-order valence-electron chi connectivity index (χ4n) is 2.54. The Labute approximate surface area is 110 Å². The molecule has 1 atom stereocenters. The maximum absolute atomic E-state index is 12.5. The van der Waals surface area contributed by atoms with E-state index in [2.05, 4.69) is 6.92 Å². The summed E-state index contributed by atoms with van der Waals surface area (Å²) in [4.78, 5) is 12.5. The second kappa shape index (κ2) is 4.57. The van der Waals surface area contributed by atoms with Gasteiger partial charge >= 0.3 is 0 Å². The molecule has 1 aliphatic carbocycles. The van der Waals surface area contributed by atoms with Gasteiger partial charge in [0.25, 0.3) is 0 Å². The van der Waals surface area contributed by atoms with E-state index in [0.717, 1.165) is 12.2 Å². The third-order valence-electron chi connectivity index (χ3n) is 3.36. The van der Waals surface area contributed by atoms with Gasteiger partial charge in [0.15, 0.2) is 10.8 Å². The van der Waals surface area contributed by atoms with E-state index < -0.39 is 0 Å². The molecule has 0 saturated heterocycles. The highest BCUT2D eigenvalue weighted by atomic mass is 16.5. The lowest BCUT2D eigenvalue weighted by atomic mass is 9.99. The lowest BCUT2D eigenvalue weighted by Gasteiger charge is -2.15. The molecule has 2 aromatic rings. The number of benzene rings is 1. The van der Waals surface area contributed by atoms with Crippen molar-refractivity contribution >= 4 is 22.8 Å². The monoisotopic (exact) mass is 256 g/mol. The Morgan fingerprint density at radius 3 is 2.95 bits per heavy atom. The van der Waals surface area contributed by atoms with Crippen molar-refractivity contribution in [2.75, 3.05) is 6.61 Å². The molecule has 19 heavy (non-hydrogen) atoms. The summed E-state index contributed by atoms with van der Waals surface area (Å²) in [6.45, 7) is 4.60. The Bertz CT molecular complexity index is 799. The standard InChI is InChI=1S/C16H16O3/c1-3-18-14-9-10(2)8-12-15(17)11-6-4-5-7-13(11)19-16(12)14/h4-8,10H,3,9H2,1-2H3. The first-order chi connectivity index (χ1) is 9.20. The minimum atomic E-state index is 0.0283. The van der Waals surface area contributed by atoms with Crippen molar-refractivity contribution in [1.29, 1.82) is 0 Å². The molecule has 3 heteroatoms. The second-order valence-corrected chi connectivity index (χ2v) is 4.87. The zero-order chi connectivity index (χ0) is 13.4. The van der Waals surface area contributed by atoms with Gasteiger partial charge in [-0.1, -0.05) is 25.1 Å². The lowest BCUT2D eigenvalue weighted by molar-refractivity contribution is 0.267. The van der Waals surface area contributed by atoms with Gasteiger partial charge in [-0.2, -0.15) is 0 Å². The third kappa shape index (κ3) is 1.95. The van der Waals surface area contributed by atoms with Crippen LogP contribution in [0.25, 0.3) is 22.8 Å². The maximum Gasteiger partial charge on any atom is 0.200 e. The summed E-state index contributed by atoms with van der Waals surface area (Å²) in [5.74, 6) is 1.08. The Hall–Kier alpha value is -2.03. The van der Waals surface area contributed by atoms with Crippen LogP contribution in [0.5, 0.6) is 0 Å². The molecule has 0 spiro atoms. The topological polar surface area (TPSA) is 39.4 Å². The van der Waals surface area contributed by atoms with Crippen LogP contribution in [0.2, 0.25) is 0 Å². The summed E-state index contributed by atoms with van der Waals surface area (Å²) in [5, 5.41) is 1.27. The molecule has 1 aliphatic rings. The van der Waals surface area contributed by atoms with E-state index >= 15 is 0 Å². The zero-order valence-electron chi connectivity index (χ0n) is 11.1. The van der Waals surface area contributed by atoms with Crippen LogP contribution in [0.3, 0.4) is 0 Å². The van der Waals surface area contributed by atoms with E-state index in [1.54, 1.807) is 6.07 Å². The van der Waals surface area contributed by atoms with E-state index in [9.17, 15) is 4.79 Å². The number of para-hydroxylation sites is 1. The molecule has 0 fully saturated rings. The van der Waals surface area contributed by atoms with Crippen LogP contribution >= 0.6 is 0 Å². The highest BCUT2D eigenvalue weighted by Crippen LogP contribution is 2.16. The van der Waals surface area contributed by atoms with Gasteiger partial charge in [0.05, 0.1) is 17.2 Å². The van der Waals surface area contributed by atoms with Gasteiger partial charge in [-0.25, -0.2) is 0 Å². The Morgan fingerprint density at radius 2 is 2.16 bits per heavy atom. The zero-order valence-corrected chi connectivity index (χ0v) is 11.1. The molecule has 0 amide bonds. The molecule has 3 rings (SSSR count). The summed E-state index contributed by atoms with van der Waals surface area (Å²) in [5.41, 5.74) is 1.25. The van der Waals surface area contributed by atoms with Gasteiger partial charge in [0.2, 0.25) is 0 Å². The van der Waals surface area contributed by atoms with Gasteiger partial charge < -0.3 is 9.15 Å². The normalized spacial score (nSPS) is 18.0. The molecule has 0 bridgehead atoms. The van der Waals surface area contributed by atoms with Crippen molar-refractivity contribution in [3.63, 3.8) is 0 Å². The first-order valence-corrected chi connectivity index (χ1v) is 6.60. The molecular weight excluding hydrogens is 240 g/mol. The van der Waals surface area contributed by atoms with Crippen molar-refractivity contribution in [3.05, 3.63) is 45.1 Å². The molecule has 1 aromatic carbocycles. The van der Waals surface area contributed by atoms with Crippen LogP contribution in [0, 0.1) is 5.92 Å². The summed E-state index contributed by atoms with van der Waals surface area (Å²) >= 11 is 0. The van der Waals surface area contributed by atoms with Crippen LogP contribution in [0.15, 0.2) is 33.5 Å². The number of hydrogen-bond donors (Lipinski definition) is 0. The van der Waals surface area contributed by atoms with Crippen LogP contribution in [0.4, 0.5) is 0 Å². The summed E-state index contributed by atoms with van der Waals surface area (Å²) in [6.07, 6.45) is 2.76. The fraction of sp³-hybridized carbons (Fsp3) is 0.312. The number of rotatable bonds is 2. The minimum absolute atomic E-state index is 0.0283. The van der Waals surface area contributed by atoms with Crippen LogP contribution in [-0.4, -0.2) is 6.61 Å². The number of ether oxygens (including phenoxy) is 1. The predicted molar refractivity (Wildman–Crippen MR) is 75.0 cm³/mol. The van der Waals surface area contributed by atoms with E-state index in [-0.39, 0.29) is 11.3 Å². The van der Waals surface area contributed by atoms with Crippen LogP contribution in [-0.2, 0) is 4.74 Å². The Morgan fingerprint density at radius 1 is 1.37 bits per heavy atom. The molecule has 1 unspecified atom stereocenters. The summed E-state index contributed by atoms with van der Waals surface area (Å²) in [6, 6.07) is 7.34. The highest BCUT2D eigenvalue weighted by molar-refractivity contribution is 5.76. The molecule has 0 N–H and O–H groups in total. The Balaban J connectivity index is 2.49. The first kappa shape index (κ1) is 12.0. The van der Waals surface area contributed by atoms with Crippen molar-refractivity contribution in [2.45, 2.75) is 20.3 Å². The highest BCUT2D eigenvalue weighted by Gasteiger charge is 2.16. The van der Waals surface area contributed by atoms with Crippen molar-refractivity contribution < 1.29 is 9.15 Å². The van der Waals surface area contributed by atoms with Crippen molar-refractivity contribution in [3.8, 4) is 0 Å². The Kier molecular flexibility index (Phi) is 2.90. The first-order valence-electron chi connectivity index (χ1n) is 6.60. The van der Waals surface area contributed by atoms with Crippen molar-refractivity contribution in [1.82, 2.24) is 0 Å². The third-order valence-corrected chi connectivity index (χ3v) is 3.36. The number of hydrogen-bond acceptors (Lipinski definition) is 3. The van der Waals surface area contributed by atoms with E-state index in [4.69, 9.17) is 9.15 Å². The van der Waals surface area contributed by atoms with Gasteiger partial charge in [0.1, 0.15) is 11.3 Å². The number of fused-ring (bicyclic) bond motifs is 2. The smallest absolute Gasteiger partial charge is 0.200 e. The molecule has 1 aromatic heterocycles. The molecular formula is C16H16O3. The largest absolute Gasteiger partial charge is 0.494 e. The molecule has 3 nitrogen and oxygen atoms in total. The molecule has 0 aliphatic heterocycles. The van der Waals surface area contributed by atoms with Crippen molar-refractivity contribution in [2.24, 2.45) is 5.92 Å². The SMILES string of the molecule is CCOC1=c2oc3ccccc3c(=O)c2=CC(C)C1. The summed E-state index contributed by atoms with van der Waals surface area (Å²) in [7, 11) is 0. The van der Waals surface area contributed by atoms with E-state index in [1.807, 2.05) is 31.2 Å². The average molecular weight is 256 g/mol. The fourth-order valence-corrected chi connectivity index (χ4v) is 2.54. The van der Waals surface area contributed by atoms with Gasteiger partial charge in [-0.15, -0.1) is 0 Å². The summed E-state index contributed by atoms with van der Waals surface area (Å²) < 4.78 is 11.5. The maximum atomic E-state index is 12.5. The van der Waals surface area contributed by atoms with Crippen LogP contribution < -0.4 is 16.1 Å². The van der Waals surface area contributed by atoms with Gasteiger partial charge in [-0.05, 0) is 25.0 Å². The predicted octanol–water partition coefficient (Wildman–Crippen LogP) is 1.76. The molecule has 0 saturated carbocycles. The van der Waals surface area contributed by atoms with E-state index in [1.165, 1.54) is 0 Å². The minimum Gasteiger partial charge on any atom is -0.494 e. The molecule has 0 radical (unpaired) electrons. The molecule has 1 heterocycles. The molecule has 98 valence electrons. The van der Waals surface area contributed by atoms with Crippen LogP contribution in [0.1, 0.15) is 20.3 Å². The second-order valence-electron chi connectivity index (χ2n) is 4.87. The van der Waals surface area contributed by atoms with Gasteiger partial charge in [-0.3, -0.25) is 4.79 Å². The van der Waals surface area contributed by atoms with E-state index in [0.29, 0.717) is 28.2 Å². The van der Waals surface area contributed by atoms with Gasteiger partial charge in [0, 0.05) is 6.42 Å². The quantitative estimate of drug-likeness (QED) is 0.822.